The predicted octanol–water partition coefficient (Wildman–Crippen LogP) is 1.48. The fraction of sp³-hybridized carbons (Fsp3) is 0.385. The van der Waals surface area contributed by atoms with Gasteiger partial charge in [-0.1, -0.05) is 23.9 Å². The maximum atomic E-state index is 11.7. The molecule has 1 atom stereocenters. The van der Waals surface area contributed by atoms with Crippen molar-refractivity contribution < 1.29 is 64.4 Å². The minimum Gasteiger partial charge on any atom is -1.00 e. The van der Waals surface area contributed by atoms with E-state index in [0.29, 0.717) is 43.1 Å². The molecule has 0 bridgehead atoms. The number of rotatable bonds is 9. The first-order valence-electron chi connectivity index (χ1n) is 11.3. The number of imide groups is 1. The summed E-state index contributed by atoms with van der Waals surface area (Å²) < 4.78 is 16.8. The summed E-state index contributed by atoms with van der Waals surface area (Å²) in [4.78, 5) is 46.4. The van der Waals surface area contributed by atoms with Gasteiger partial charge in [0.25, 0.3) is 5.24 Å². The van der Waals surface area contributed by atoms with Gasteiger partial charge in [-0.25, -0.2) is 0 Å². The number of benzene rings is 2. The van der Waals surface area contributed by atoms with Crippen molar-refractivity contribution in [3.05, 3.63) is 52.1 Å². The summed E-state index contributed by atoms with van der Waals surface area (Å²) in [7, 11) is 0. The summed E-state index contributed by atoms with van der Waals surface area (Å²) in [5.74, 6) is 0.598. The molecular formula is C26H30NNaO7S. The van der Waals surface area contributed by atoms with Crippen molar-refractivity contribution in [2.45, 2.75) is 59.1 Å². The third-order valence-electron chi connectivity index (χ3n) is 5.75. The van der Waals surface area contributed by atoms with Gasteiger partial charge in [0, 0.05) is 19.4 Å². The standard InChI is InChI=1S/C26H29NO7S.Na.H/c1-14-15(2)24(34-18(5)29)21(16(3)23(14)33-17(4)28)7-6-12-32-20-10-8-19(9-11-20)13-22-25(30)27-26(31)35-22;;/h8-11,22H,6-7,12-13H2,1-5H3,(H,27,30,31);;/q;+1;-1. The first-order chi connectivity index (χ1) is 16.6. The van der Waals surface area contributed by atoms with Crippen LogP contribution in [0.3, 0.4) is 0 Å². The van der Waals surface area contributed by atoms with Crippen LogP contribution in [0.5, 0.6) is 17.2 Å². The molecule has 0 aliphatic carbocycles. The van der Waals surface area contributed by atoms with Crippen LogP contribution in [0.15, 0.2) is 24.3 Å². The van der Waals surface area contributed by atoms with Crippen LogP contribution in [-0.2, 0) is 27.2 Å². The molecule has 1 aliphatic heterocycles. The second-order valence-corrected chi connectivity index (χ2v) is 9.56. The summed E-state index contributed by atoms with van der Waals surface area (Å²) >= 11 is 1.01. The molecule has 2 aromatic carbocycles. The Balaban J connectivity index is 0.00000342. The van der Waals surface area contributed by atoms with E-state index >= 15 is 0 Å². The molecule has 0 saturated carbocycles. The Morgan fingerprint density at radius 2 is 1.53 bits per heavy atom. The Labute approximate surface area is 238 Å². The molecule has 1 aliphatic rings. The smallest absolute Gasteiger partial charge is 1.00 e. The van der Waals surface area contributed by atoms with E-state index in [0.717, 1.165) is 39.6 Å². The van der Waals surface area contributed by atoms with Crippen molar-refractivity contribution in [2.75, 3.05) is 6.61 Å². The van der Waals surface area contributed by atoms with Gasteiger partial charge in [-0.15, -0.1) is 0 Å². The van der Waals surface area contributed by atoms with Crippen LogP contribution in [0, 0.1) is 20.8 Å². The number of esters is 2. The summed E-state index contributed by atoms with van der Waals surface area (Å²) in [6.07, 6.45) is 1.67. The third-order valence-corrected chi connectivity index (χ3v) is 6.74. The predicted molar refractivity (Wildman–Crippen MR) is 133 cm³/mol. The zero-order valence-electron chi connectivity index (χ0n) is 22.5. The molecule has 1 fully saturated rings. The van der Waals surface area contributed by atoms with Gasteiger partial charge < -0.3 is 15.6 Å². The molecule has 0 radical (unpaired) electrons. The zero-order chi connectivity index (χ0) is 25.7. The quantitative estimate of drug-likeness (QED) is 0.228. The van der Waals surface area contributed by atoms with E-state index in [1.807, 2.05) is 45.0 Å². The number of carbonyl (C=O) groups is 4. The SMILES string of the molecule is CC(=O)Oc1c(C)c(C)c(OC(C)=O)c(CCCOc2ccc(CC3SC(=O)NC3=O)cc2)c1C.[H-].[Na+]. The first-order valence-corrected chi connectivity index (χ1v) is 12.2. The van der Waals surface area contributed by atoms with Crippen molar-refractivity contribution in [1.29, 1.82) is 0 Å². The number of carbonyl (C=O) groups excluding carboxylic acids is 4. The topological polar surface area (TPSA) is 108 Å². The van der Waals surface area contributed by atoms with Gasteiger partial charge in [0.1, 0.15) is 17.2 Å². The van der Waals surface area contributed by atoms with Crippen molar-refractivity contribution in [3.63, 3.8) is 0 Å². The normalized spacial score (nSPS) is 14.6. The Morgan fingerprint density at radius 1 is 0.944 bits per heavy atom. The van der Waals surface area contributed by atoms with E-state index in [2.05, 4.69) is 5.32 Å². The zero-order valence-corrected chi connectivity index (χ0v) is 24.3. The van der Waals surface area contributed by atoms with Crippen LogP contribution in [0.4, 0.5) is 4.79 Å². The Bertz CT molecular complexity index is 1170. The minimum atomic E-state index is -0.414. The summed E-state index contributed by atoms with van der Waals surface area (Å²) in [5.41, 5.74) is 4.02. The summed E-state index contributed by atoms with van der Waals surface area (Å²) in [5, 5.41) is 1.58. The van der Waals surface area contributed by atoms with Crippen LogP contribution >= 0.6 is 11.8 Å². The minimum absolute atomic E-state index is 0. The largest absolute Gasteiger partial charge is 1.00 e. The molecule has 10 heteroatoms. The van der Waals surface area contributed by atoms with Gasteiger partial charge in [-0.3, -0.25) is 24.5 Å². The van der Waals surface area contributed by atoms with Crippen molar-refractivity contribution >= 4 is 34.8 Å². The van der Waals surface area contributed by atoms with E-state index in [1.54, 1.807) is 0 Å². The number of amides is 2. The van der Waals surface area contributed by atoms with E-state index < -0.39 is 17.2 Å². The van der Waals surface area contributed by atoms with Crippen LogP contribution in [0.2, 0.25) is 0 Å². The fourth-order valence-corrected chi connectivity index (χ4v) is 4.80. The molecule has 1 N–H and O–H groups in total. The number of hydrogen-bond acceptors (Lipinski definition) is 8. The molecule has 1 unspecified atom stereocenters. The molecule has 1 saturated heterocycles. The maximum absolute atomic E-state index is 11.7. The average molecular weight is 524 g/mol. The molecule has 8 nitrogen and oxygen atoms in total. The van der Waals surface area contributed by atoms with Crippen LogP contribution in [-0.4, -0.2) is 34.9 Å². The van der Waals surface area contributed by atoms with Gasteiger partial charge in [-0.05, 0) is 74.4 Å². The van der Waals surface area contributed by atoms with Crippen molar-refractivity contribution in [3.8, 4) is 17.2 Å². The van der Waals surface area contributed by atoms with E-state index in [4.69, 9.17) is 14.2 Å². The summed E-state index contributed by atoms with van der Waals surface area (Å²) in [6.45, 7) is 8.65. The average Bonchev–Trinajstić information content (AvgIpc) is 3.11. The van der Waals surface area contributed by atoms with Crippen LogP contribution in [0.25, 0.3) is 0 Å². The number of thioether (sulfide) groups is 1. The molecule has 2 aromatic rings. The molecule has 36 heavy (non-hydrogen) atoms. The van der Waals surface area contributed by atoms with Crippen LogP contribution < -0.4 is 49.1 Å². The van der Waals surface area contributed by atoms with Gasteiger partial charge in [0.15, 0.2) is 0 Å². The van der Waals surface area contributed by atoms with Crippen molar-refractivity contribution in [1.82, 2.24) is 5.32 Å². The molecule has 188 valence electrons. The molecule has 1 heterocycles. The van der Waals surface area contributed by atoms with Gasteiger partial charge in [-0.2, -0.15) is 0 Å². The maximum Gasteiger partial charge on any atom is 1.00 e. The summed E-state index contributed by atoms with van der Waals surface area (Å²) in [6, 6.07) is 7.42. The van der Waals surface area contributed by atoms with Crippen LogP contribution in [0.1, 0.15) is 49.5 Å². The van der Waals surface area contributed by atoms with Gasteiger partial charge in [0.05, 0.1) is 11.9 Å². The Kier molecular flexibility index (Phi) is 11.0. The number of nitrogens with one attached hydrogen (secondary N) is 1. The van der Waals surface area contributed by atoms with Gasteiger partial charge >= 0.3 is 41.5 Å². The third kappa shape index (κ3) is 7.59. The van der Waals surface area contributed by atoms with Crippen molar-refractivity contribution in [2.24, 2.45) is 0 Å². The molecular weight excluding hydrogens is 493 g/mol. The van der Waals surface area contributed by atoms with Gasteiger partial charge in [0.2, 0.25) is 5.91 Å². The number of hydrogen-bond donors (Lipinski definition) is 1. The molecule has 3 rings (SSSR count). The Morgan fingerprint density at radius 3 is 2.08 bits per heavy atom. The molecule has 0 spiro atoms. The first kappa shape index (κ1) is 29.9. The monoisotopic (exact) mass is 523 g/mol. The van der Waals surface area contributed by atoms with E-state index in [9.17, 15) is 19.2 Å². The van der Waals surface area contributed by atoms with E-state index in [-0.39, 0.29) is 42.1 Å². The second-order valence-electron chi connectivity index (χ2n) is 8.38. The van der Waals surface area contributed by atoms with E-state index in [1.165, 1.54) is 13.8 Å². The molecule has 2 amide bonds. The molecule has 0 aromatic heterocycles. The fourth-order valence-electron chi connectivity index (χ4n) is 3.94. The Hall–Kier alpha value is -2.33. The number of ether oxygens (including phenoxy) is 3. The second kappa shape index (κ2) is 13.3.